The van der Waals surface area contributed by atoms with Crippen molar-refractivity contribution in [3.63, 3.8) is 0 Å². The summed E-state index contributed by atoms with van der Waals surface area (Å²) in [5.41, 5.74) is 0. The Morgan fingerprint density at radius 2 is 2.64 bits per heavy atom. The number of ether oxygens (including phenoxy) is 1. The molecule has 1 aliphatic rings. The quantitative estimate of drug-likeness (QED) is 0.435. The molecule has 3 nitrogen and oxygen atoms in total. The van der Waals surface area contributed by atoms with Gasteiger partial charge in [-0.05, 0) is 0 Å². The molecule has 11 heavy (non-hydrogen) atoms. The molecule has 0 aliphatic carbocycles. The summed E-state index contributed by atoms with van der Waals surface area (Å²) in [7, 11) is 0. The molecular formula is C8H16N2O. The van der Waals surface area contributed by atoms with Crippen LogP contribution in [0.25, 0.3) is 0 Å². The summed E-state index contributed by atoms with van der Waals surface area (Å²) in [5.74, 6) is 0. The molecule has 1 unspecified atom stereocenters. The fourth-order valence-electron chi connectivity index (χ4n) is 1.11. The van der Waals surface area contributed by atoms with Crippen molar-refractivity contribution in [1.82, 2.24) is 10.6 Å². The molecule has 0 bridgehead atoms. The summed E-state index contributed by atoms with van der Waals surface area (Å²) in [6.07, 6.45) is 1.86. The van der Waals surface area contributed by atoms with Gasteiger partial charge >= 0.3 is 0 Å². The van der Waals surface area contributed by atoms with Crippen LogP contribution in [0.3, 0.4) is 0 Å². The van der Waals surface area contributed by atoms with Crippen molar-refractivity contribution in [2.45, 2.75) is 6.04 Å². The summed E-state index contributed by atoms with van der Waals surface area (Å²) in [4.78, 5) is 0. The zero-order chi connectivity index (χ0) is 7.94. The first-order valence-electron chi connectivity index (χ1n) is 4.06. The number of rotatable bonds is 4. The van der Waals surface area contributed by atoms with Gasteiger partial charge in [-0.1, -0.05) is 6.08 Å². The van der Waals surface area contributed by atoms with E-state index >= 15 is 0 Å². The van der Waals surface area contributed by atoms with Crippen LogP contribution in [0, 0.1) is 0 Å². The van der Waals surface area contributed by atoms with Gasteiger partial charge in [-0.15, -0.1) is 6.58 Å². The van der Waals surface area contributed by atoms with Crippen molar-refractivity contribution in [2.24, 2.45) is 0 Å². The first kappa shape index (κ1) is 8.71. The van der Waals surface area contributed by atoms with E-state index in [1.165, 1.54) is 0 Å². The third-order valence-corrected chi connectivity index (χ3v) is 1.68. The van der Waals surface area contributed by atoms with Gasteiger partial charge in [0.15, 0.2) is 0 Å². The molecule has 1 fully saturated rings. The molecule has 1 saturated heterocycles. The highest BCUT2D eigenvalue weighted by Crippen LogP contribution is 1.90. The number of morpholine rings is 1. The van der Waals surface area contributed by atoms with Crippen molar-refractivity contribution in [1.29, 1.82) is 0 Å². The second-order valence-corrected chi connectivity index (χ2v) is 2.67. The molecule has 2 N–H and O–H groups in total. The third-order valence-electron chi connectivity index (χ3n) is 1.68. The van der Waals surface area contributed by atoms with Crippen molar-refractivity contribution in [2.75, 3.05) is 32.8 Å². The van der Waals surface area contributed by atoms with Gasteiger partial charge in [0.25, 0.3) is 0 Å². The number of nitrogens with one attached hydrogen (secondary N) is 2. The van der Waals surface area contributed by atoms with Gasteiger partial charge in [-0.25, -0.2) is 0 Å². The molecule has 0 saturated carbocycles. The normalized spacial score (nSPS) is 24.9. The molecular weight excluding hydrogens is 140 g/mol. The van der Waals surface area contributed by atoms with E-state index < -0.39 is 0 Å². The van der Waals surface area contributed by atoms with Crippen LogP contribution in [0.4, 0.5) is 0 Å². The van der Waals surface area contributed by atoms with Crippen LogP contribution in [0.1, 0.15) is 0 Å². The molecule has 0 aromatic carbocycles. The van der Waals surface area contributed by atoms with E-state index in [1.807, 2.05) is 6.08 Å². The Bertz CT molecular complexity index is 111. The Morgan fingerprint density at radius 1 is 1.73 bits per heavy atom. The third kappa shape index (κ3) is 3.51. The van der Waals surface area contributed by atoms with Crippen molar-refractivity contribution >= 4 is 0 Å². The van der Waals surface area contributed by atoms with Gasteiger partial charge in [0.1, 0.15) is 0 Å². The minimum absolute atomic E-state index is 0.476. The van der Waals surface area contributed by atoms with Gasteiger partial charge in [-0.2, -0.15) is 0 Å². The predicted octanol–water partition coefficient (Wildman–Crippen LogP) is -0.250. The van der Waals surface area contributed by atoms with Crippen molar-refractivity contribution in [3.8, 4) is 0 Å². The smallest absolute Gasteiger partial charge is 0.0632 e. The van der Waals surface area contributed by atoms with E-state index in [0.717, 1.165) is 32.8 Å². The van der Waals surface area contributed by atoms with E-state index in [-0.39, 0.29) is 0 Å². The van der Waals surface area contributed by atoms with Crippen molar-refractivity contribution < 1.29 is 4.74 Å². The molecule has 64 valence electrons. The molecule has 0 aromatic rings. The topological polar surface area (TPSA) is 33.3 Å². The Hall–Kier alpha value is -0.380. The highest BCUT2D eigenvalue weighted by Gasteiger charge is 2.10. The van der Waals surface area contributed by atoms with Crippen LogP contribution in [-0.4, -0.2) is 38.9 Å². The minimum atomic E-state index is 0.476. The largest absolute Gasteiger partial charge is 0.378 e. The zero-order valence-corrected chi connectivity index (χ0v) is 6.81. The summed E-state index contributed by atoms with van der Waals surface area (Å²) in [5, 5.41) is 6.60. The van der Waals surface area contributed by atoms with Crippen LogP contribution >= 0.6 is 0 Å². The first-order valence-corrected chi connectivity index (χ1v) is 4.06. The molecule has 1 aliphatic heterocycles. The first-order chi connectivity index (χ1) is 5.43. The Morgan fingerprint density at radius 3 is 3.27 bits per heavy atom. The molecule has 0 radical (unpaired) electrons. The average molecular weight is 156 g/mol. The molecule has 3 heteroatoms. The standard InChI is InChI=1S/C8H16N2O/c1-2-3-9-6-8-7-11-5-4-10-8/h2,8-10H,1,3-7H2. The lowest BCUT2D eigenvalue weighted by Crippen LogP contribution is -2.47. The second kappa shape index (κ2) is 5.29. The van der Waals surface area contributed by atoms with Gasteiger partial charge in [0.05, 0.1) is 13.2 Å². The van der Waals surface area contributed by atoms with Gasteiger partial charge in [-0.3, -0.25) is 0 Å². The molecule has 1 atom stereocenters. The Balaban J connectivity index is 2.00. The summed E-state index contributed by atoms with van der Waals surface area (Å²) >= 11 is 0. The Kier molecular flexibility index (Phi) is 4.19. The lowest BCUT2D eigenvalue weighted by Gasteiger charge is -2.23. The van der Waals surface area contributed by atoms with E-state index in [9.17, 15) is 0 Å². The van der Waals surface area contributed by atoms with Gasteiger partial charge in [0, 0.05) is 25.7 Å². The molecule has 1 rings (SSSR count). The van der Waals surface area contributed by atoms with E-state index in [1.54, 1.807) is 0 Å². The highest BCUT2D eigenvalue weighted by molar-refractivity contribution is 4.76. The van der Waals surface area contributed by atoms with E-state index in [4.69, 9.17) is 4.74 Å². The zero-order valence-electron chi connectivity index (χ0n) is 6.81. The van der Waals surface area contributed by atoms with Crippen LogP contribution < -0.4 is 10.6 Å². The molecule has 0 aromatic heterocycles. The lowest BCUT2D eigenvalue weighted by atomic mass is 10.3. The van der Waals surface area contributed by atoms with Crippen LogP contribution in [0.15, 0.2) is 12.7 Å². The monoisotopic (exact) mass is 156 g/mol. The fraction of sp³-hybridized carbons (Fsp3) is 0.750. The second-order valence-electron chi connectivity index (χ2n) is 2.67. The molecule has 1 heterocycles. The fourth-order valence-corrected chi connectivity index (χ4v) is 1.11. The van der Waals surface area contributed by atoms with E-state index in [2.05, 4.69) is 17.2 Å². The molecule has 0 spiro atoms. The maximum absolute atomic E-state index is 5.28. The van der Waals surface area contributed by atoms with Crippen LogP contribution in [0.2, 0.25) is 0 Å². The maximum atomic E-state index is 5.28. The summed E-state index contributed by atoms with van der Waals surface area (Å²) in [6.45, 7) is 8.11. The van der Waals surface area contributed by atoms with E-state index in [0.29, 0.717) is 6.04 Å². The number of hydrogen-bond donors (Lipinski definition) is 2. The SMILES string of the molecule is C=CCNCC1COCCN1. The van der Waals surface area contributed by atoms with Crippen molar-refractivity contribution in [3.05, 3.63) is 12.7 Å². The molecule has 0 amide bonds. The van der Waals surface area contributed by atoms with Crippen LogP contribution in [0.5, 0.6) is 0 Å². The summed E-state index contributed by atoms with van der Waals surface area (Å²) in [6, 6.07) is 0.476. The Labute approximate surface area is 67.8 Å². The average Bonchev–Trinajstić information content (AvgIpc) is 2.07. The highest BCUT2D eigenvalue weighted by atomic mass is 16.5. The number of hydrogen-bond acceptors (Lipinski definition) is 3. The van der Waals surface area contributed by atoms with Gasteiger partial charge in [0.2, 0.25) is 0 Å². The lowest BCUT2D eigenvalue weighted by molar-refractivity contribution is 0.0770. The van der Waals surface area contributed by atoms with Crippen LogP contribution in [-0.2, 0) is 4.74 Å². The summed E-state index contributed by atoms with van der Waals surface area (Å²) < 4.78 is 5.28. The minimum Gasteiger partial charge on any atom is -0.378 e. The van der Waals surface area contributed by atoms with Gasteiger partial charge < -0.3 is 15.4 Å². The predicted molar refractivity (Wildman–Crippen MR) is 45.7 cm³/mol. The maximum Gasteiger partial charge on any atom is 0.0632 e.